The number of hydrogen-bond acceptors (Lipinski definition) is 4. The van der Waals surface area contributed by atoms with Gasteiger partial charge in [0.1, 0.15) is 5.03 Å². The number of hydrogen-bond donors (Lipinski definition) is 1. The number of thioether (sulfide) groups is 1. The topological polar surface area (TPSA) is 54.9 Å². The number of alkyl halides is 3. The quantitative estimate of drug-likeness (QED) is 0.693. The normalized spacial score (nSPS) is 15.0. The molecule has 1 aliphatic rings. The van der Waals surface area contributed by atoms with E-state index in [0.717, 1.165) is 24.6 Å². The Bertz CT molecular complexity index is 716. The molecule has 0 unspecified atom stereocenters. The van der Waals surface area contributed by atoms with E-state index < -0.39 is 12.0 Å². The Morgan fingerprint density at radius 3 is 2.68 bits per heavy atom. The predicted octanol–water partition coefficient (Wildman–Crippen LogP) is 3.02. The number of carbonyl (C=O) groups is 1. The Kier molecular flexibility index (Phi) is 3.94. The predicted molar refractivity (Wildman–Crippen MR) is 76.4 cm³/mol. The van der Waals surface area contributed by atoms with Crippen LogP contribution in [0.15, 0.2) is 29.3 Å². The van der Waals surface area contributed by atoms with Crippen LogP contribution in [0.1, 0.15) is 18.7 Å². The summed E-state index contributed by atoms with van der Waals surface area (Å²) in [5.74, 6) is -1.34. The monoisotopic (exact) mass is 327 g/mol. The molecule has 22 heavy (non-hydrogen) atoms. The molecule has 0 atom stereocenters. The minimum Gasteiger partial charge on any atom is -0.353 e. The summed E-state index contributed by atoms with van der Waals surface area (Å²) in [7, 11) is 0. The van der Waals surface area contributed by atoms with Gasteiger partial charge < -0.3 is 5.32 Å². The highest BCUT2D eigenvalue weighted by Crippen LogP contribution is 2.32. The van der Waals surface area contributed by atoms with Crippen LogP contribution in [0.4, 0.5) is 13.2 Å². The minimum atomic E-state index is -4.62. The maximum atomic E-state index is 12.9. The van der Waals surface area contributed by atoms with Crippen LogP contribution in [-0.2, 0) is 11.0 Å². The summed E-state index contributed by atoms with van der Waals surface area (Å²) in [6, 6.07) is 6.69. The van der Waals surface area contributed by atoms with Crippen molar-refractivity contribution in [2.45, 2.75) is 30.1 Å². The van der Waals surface area contributed by atoms with E-state index in [9.17, 15) is 18.0 Å². The Labute approximate surface area is 128 Å². The average Bonchev–Trinajstić information content (AvgIpc) is 3.27. The Morgan fingerprint density at radius 2 is 2.00 bits per heavy atom. The van der Waals surface area contributed by atoms with Gasteiger partial charge in [-0.25, -0.2) is 9.97 Å². The van der Waals surface area contributed by atoms with Gasteiger partial charge >= 0.3 is 6.18 Å². The van der Waals surface area contributed by atoms with E-state index in [-0.39, 0.29) is 28.2 Å². The number of rotatable bonds is 4. The van der Waals surface area contributed by atoms with Gasteiger partial charge in [-0.2, -0.15) is 13.2 Å². The summed E-state index contributed by atoms with van der Waals surface area (Å²) in [6.07, 6.45) is -2.69. The molecule has 0 radical (unpaired) electrons. The molecule has 1 aromatic carbocycles. The van der Waals surface area contributed by atoms with Gasteiger partial charge in [0.05, 0.1) is 11.3 Å². The third kappa shape index (κ3) is 3.49. The van der Waals surface area contributed by atoms with Crippen LogP contribution in [0.5, 0.6) is 0 Å². The number of benzene rings is 1. The lowest BCUT2D eigenvalue weighted by Crippen LogP contribution is -2.27. The molecule has 8 heteroatoms. The second-order valence-electron chi connectivity index (χ2n) is 5.00. The van der Waals surface area contributed by atoms with Gasteiger partial charge in [-0.05, 0) is 18.9 Å². The van der Waals surface area contributed by atoms with Gasteiger partial charge in [-0.1, -0.05) is 30.0 Å². The van der Waals surface area contributed by atoms with Gasteiger partial charge in [0, 0.05) is 11.4 Å². The molecule has 1 fully saturated rings. The molecule has 0 bridgehead atoms. The Hall–Kier alpha value is -1.83. The third-order valence-corrected chi connectivity index (χ3v) is 4.10. The van der Waals surface area contributed by atoms with Crippen LogP contribution in [0, 0.1) is 0 Å². The highest BCUT2D eigenvalue weighted by atomic mass is 32.2. The van der Waals surface area contributed by atoms with Crippen molar-refractivity contribution in [1.29, 1.82) is 0 Å². The maximum Gasteiger partial charge on any atom is 0.451 e. The Balaban J connectivity index is 1.87. The average molecular weight is 327 g/mol. The standard InChI is InChI=1S/C14H12F3N3OS/c15-14(16,17)13-19-10-4-2-1-3-9(10)12(20-13)22-7-11(21)18-8-5-6-8/h1-4,8H,5-7H2,(H,18,21). The van der Waals surface area contributed by atoms with Crippen LogP contribution >= 0.6 is 11.8 Å². The van der Waals surface area contributed by atoms with E-state index in [1.54, 1.807) is 18.2 Å². The maximum absolute atomic E-state index is 12.9. The summed E-state index contributed by atoms with van der Waals surface area (Å²) in [5, 5.41) is 3.48. The van der Waals surface area contributed by atoms with E-state index in [0.29, 0.717) is 5.39 Å². The molecule has 0 spiro atoms. The lowest BCUT2D eigenvalue weighted by Gasteiger charge is -2.10. The summed E-state index contributed by atoms with van der Waals surface area (Å²) >= 11 is 0.995. The number of para-hydroxylation sites is 1. The molecule has 1 N–H and O–H groups in total. The second kappa shape index (κ2) is 5.75. The van der Waals surface area contributed by atoms with E-state index in [1.165, 1.54) is 6.07 Å². The molecule has 0 saturated heterocycles. The third-order valence-electron chi connectivity index (χ3n) is 3.10. The minimum absolute atomic E-state index is 0.0365. The van der Waals surface area contributed by atoms with Gasteiger partial charge in [0.15, 0.2) is 0 Å². The molecule has 1 amide bonds. The fourth-order valence-electron chi connectivity index (χ4n) is 1.92. The molecule has 116 valence electrons. The number of carbonyl (C=O) groups excluding carboxylic acids is 1. The summed E-state index contributed by atoms with van der Waals surface area (Å²) < 4.78 is 38.6. The zero-order valence-corrected chi connectivity index (χ0v) is 12.2. The molecule has 1 heterocycles. The van der Waals surface area contributed by atoms with Crippen LogP contribution in [0.3, 0.4) is 0 Å². The number of halogens is 3. The van der Waals surface area contributed by atoms with Gasteiger partial charge in [0.25, 0.3) is 0 Å². The summed E-state index contributed by atoms with van der Waals surface area (Å²) in [5.41, 5.74) is 0.218. The molecule has 2 aromatic rings. The SMILES string of the molecule is O=C(CSc1nc(C(F)(F)F)nc2ccccc12)NC1CC1. The van der Waals surface area contributed by atoms with Crippen molar-refractivity contribution in [3.8, 4) is 0 Å². The lowest BCUT2D eigenvalue weighted by atomic mass is 10.2. The van der Waals surface area contributed by atoms with E-state index in [1.807, 2.05) is 0 Å². The first kappa shape index (κ1) is 15.1. The first-order chi connectivity index (χ1) is 10.4. The van der Waals surface area contributed by atoms with E-state index in [2.05, 4.69) is 15.3 Å². The highest BCUT2D eigenvalue weighted by Gasteiger charge is 2.35. The molecular weight excluding hydrogens is 315 g/mol. The molecule has 0 aliphatic heterocycles. The largest absolute Gasteiger partial charge is 0.451 e. The number of nitrogens with one attached hydrogen (secondary N) is 1. The smallest absolute Gasteiger partial charge is 0.353 e. The lowest BCUT2D eigenvalue weighted by molar-refractivity contribution is -0.145. The molecule has 4 nitrogen and oxygen atoms in total. The number of aromatic nitrogens is 2. The van der Waals surface area contributed by atoms with Crippen molar-refractivity contribution < 1.29 is 18.0 Å². The van der Waals surface area contributed by atoms with Gasteiger partial charge in [0.2, 0.25) is 11.7 Å². The highest BCUT2D eigenvalue weighted by molar-refractivity contribution is 8.00. The second-order valence-corrected chi connectivity index (χ2v) is 5.96. The van der Waals surface area contributed by atoms with Crippen molar-refractivity contribution in [2.75, 3.05) is 5.75 Å². The zero-order chi connectivity index (χ0) is 15.7. The summed E-state index contributed by atoms with van der Waals surface area (Å²) in [6.45, 7) is 0. The van der Waals surface area contributed by atoms with Crippen LogP contribution in [-0.4, -0.2) is 27.7 Å². The number of fused-ring (bicyclic) bond motifs is 1. The van der Waals surface area contributed by atoms with Gasteiger partial charge in [-0.3, -0.25) is 4.79 Å². The fraction of sp³-hybridized carbons (Fsp3) is 0.357. The molecule has 1 aliphatic carbocycles. The van der Waals surface area contributed by atoms with Crippen molar-refractivity contribution in [3.05, 3.63) is 30.1 Å². The van der Waals surface area contributed by atoms with E-state index in [4.69, 9.17) is 0 Å². The van der Waals surface area contributed by atoms with Crippen LogP contribution in [0.2, 0.25) is 0 Å². The Morgan fingerprint density at radius 1 is 1.27 bits per heavy atom. The van der Waals surface area contributed by atoms with Crippen molar-refractivity contribution in [2.24, 2.45) is 0 Å². The molecule has 3 rings (SSSR count). The fourth-order valence-corrected chi connectivity index (χ4v) is 2.75. The number of amides is 1. The van der Waals surface area contributed by atoms with Crippen LogP contribution in [0.25, 0.3) is 10.9 Å². The first-order valence-corrected chi connectivity index (χ1v) is 7.68. The van der Waals surface area contributed by atoms with Crippen molar-refractivity contribution >= 4 is 28.6 Å². The van der Waals surface area contributed by atoms with Crippen LogP contribution < -0.4 is 5.32 Å². The molecule has 1 aromatic heterocycles. The first-order valence-electron chi connectivity index (χ1n) is 6.69. The summed E-state index contributed by atoms with van der Waals surface area (Å²) in [4.78, 5) is 18.8. The molecular formula is C14H12F3N3OS. The molecule has 1 saturated carbocycles. The van der Waals surface area contributed by atoms with Crippen molar-refractivity contribution in [3.63, 3.8) is 0 Å². The van der Waals surface area contributed by atoms with Crippen molar-refractivity contribution in [1.82, 2.24) is 15.3 Å². The van der Waals surface area contributed by atoms with Gasteiger partial charge in [-0.15, -0.1) is 0 Å². The van der Waals surface area contributed by atoms with E-state index >= 15 is 0 Å². The number of nitrogens with zero attached hydrogens (tertiary/aromatic N) is 2. The zero-order valence-electron chi connectivity index (χ0n) is 11.4.